The van der Waals surface area contributed by atoms with Gasteiger partial charge in [-0.2, -0.15) is 0 Å². The quantitative estimate of drug-likeness (QED) is 0.891. The van der Waals surface area contributed by atoms with E-state index in [2.05, 4.69) is 24.1 Å². The molecule has 2 rings (SSSR count). The average molecular weight is 313 g/mol. The fourth-order valence-corrected chi connectivity index (χ4v) is 2.62. The van der Waals surface area contributed by atoms with Crippen LogP contribution in [0.2, 0.25) is 5.02 Å². The molecule has 0 spiro atoms. The number of piperazine rings is 1. The summed E-state index contributed by atoms with van der Waals surface area (Å²) >= 11 is 6.11. The largest absolute Gasteiger partial charge is 0.493 e. The number of ether oxygens (including phenoxy) is 1. The molecule has 1 aromatic carbocycles. The van der Waals surface area contributed by atoms with Crippen molar-refractivity contribution in [1.82, 2.24) is 10.2 Å². The van der Waals surface area contributed by atoms with Crippen LogP contribution in [0, 0.1) is 0 Å². The molecule has 3 nitrogen and oxygen atoms in total. The van der Waals surface area contributed by atoms with Crippen molar-refractivity contribution in [2.24, 2.45) is 0 Å². The van der Waals surface area contributed by atoms with Gasteiger partial charge in [0.2, 0.25) is 0 Å². The Morgan fingerprint density at radius 1 is 1.38 bits per heavy atom. The molecule has 0 bridgehead atoms. The number of benzene rings is 1. The fraction of sp³-hybridized carbons (Fsp3) is 0.647. The van der Waals surface area contributed by atoms with Crippen LogP contribution in [0.5, 0.6) is 5.75 Å². The van der Waals surface area contributed by atoms with Gasteiger partial charge in [-0.1, -0.05) is 32.4 Å². The lowest BCUT2D eigenvalue weighted by molar-refractivity contribution is 0.196. The third kappa shape index (κ3) is 6.25. The third-order valence-electron chi connectivity index (χ3n) is 3.33. The molecule has 0 saturated carbocycles. The molecule has 1 saturated heterocycles. The standard InChI is InChI=1S/C15H23ClN2O.C2H6/c1-3-8-19-15-5-4-14(16)9-13(15)11-18-7-6-17-12(2)10-18;1-2/h4-5,9,12,17H,3,6-8,10-11H2,1-2H3;1-2H3. The molecule has 21 heavy (non-hydrogen) atoms. The molecular weight excluding hydrogens is 284 g/mol. The predicted octanol–water partition coefficient (Wildman–Crippen LogP) is 3.95. The molecule has 0 aromatic heterocycles. The predicted molar refractivity (Wildman–Crippen MR) is 91.3 cm³/mol. The number of nitrogens with one attached hydrogen (secondary N) is 1. The first-order chi connectivity index (χ1) is 10.2. The molecule has 1 N–H and O–H groups in total. The van der Waals surface area contributed by atoms with E-state index < -0.39 is 0 Å². The molecule has 1 unspecified atom stereocenters. The van der Waals surface area contributed by atoms with E-state index in [0.717, 1.165) is 50.0 Å². The number of rotatable bonds is 5. The van der Waals surface area contributed by atoms with Gasteiger partial charge < -0.3 is 10.1 Å². The highest BCUT2D eigenvalue weighted by Gasteiger charge is 2.17. The molecule has 1 heterocycles. The Hall–Kier alpha value is -0.770. The maximum atomic E-state index is 6.11. The van der Waals surface area contributed by atoms with Crippen LogP contribution in [0.1, 0.15) is 39.7 Å². The highest BCUT2D eigenvalue weighted by Crippen LogP contribution is 2.25. The van der Waals surface area contributed by atoms with Crippen LogP contribution in [0.4, 0.5) is 0 Å². The van der Waals surface area contributed by atoms with Crippen LogP contribution >= 0.6 is 11.6 Å². The summed E-state index contributed by atoms with van der Waals surface area (Å²) in [5.74, 6) is 0.970. The number of nitrogens with zero attached hydrogens (tertiary/aromatic N) is 1. The van der Waals surface area contributed by atoms with E-state index in [9.17, 15) is 0 Å². The second kappa shape index (κ2) is 10.0. The summed E-state index contributed by atoms with van der Waals surface area (Å²) in [5.41, 5.74) is 1.19. The van der Waals surface area contributed by atoms with E-state index in [1.807, 2.05) is 32.0 Å². The van der Waals surface area contributed by atoms with E-state index in [-0.39, 0.29) is 0 Å². The van der Waals surface area contributed by atoms with Crippen molar-refractivity contribution in [2.75, 3.05) is 26.2 Å². The molecule has 1 aromatic rings. The van der Waals surface area contributed by atoms with Crippen LogP contribution in [0.3, 0.4) is 0 Å². The van der Waals surface area contributed by atoms with Crippen LogP contribution in [-0.2, 0) is 6.54 Å². The first-order valence-corrected chi connectivity index (χ1v) is 8.43. The SMILES string of the molecule is CC.CCCOc1ccc(Cl)cc1CN1CCNC(C)C1. The minimum atomic E-state index is 0.549. The highest BCUT2D eigenvalue weighted by atomic mass is 35.5. The van der Waals surface area contributed by atoms with Crippen LogP contribution < -0.4 is 10.1 Å². The Labute approximate surface area is 134 Å². The van der Waals surface area contributed by atoms with Gasteiger partial charge in [0, 0.05) is 42.8 Å². The maximum Gasteiger partial charge on any atom is 0.123 e. The zero-order valence-electron chi connectivity index (χ0n) is 13.8. The molecule has 1 fully saturated rings. The van der Waals surface area contributed by atoms with Crippen molar-refractivity contribution in [3.63, 3.8) is 0 Å². The summed E-state index contributed by atoms with van der Waals surface area (Å²) in [6.45, 7) is 13.2. The van der Waals surface area contributed by atoms with Crippen molar-refractivity contribution in [2.45, 2.75) is 46.7 Å². The second-order valence-electron chi connectivity index (χ2n) is 5.19. The summed E-state index contributed by atoms with van der Waals surface area (Å²) in [6, 6.07) is 6.46. The zero-order chi connectivity index (χ0) is 15.7. The topological polar surface area (TPSA) is 24.5 Å². The maximum absolute atomic E-state index is 6.11. The smallest absolute Gasteiger partial charge is 0.123 e. The van der Waals surface area contributed by atoms with Crippen molar-refractivity contribution in [1.29, 1.82) is 0 Å². The molecular formula is C17H29ClN2O. The first kappa shape index (κ1) is 18.3. The summed E-state index contributed by atoms with van der Waals surface area (Å²) in [4.78, 5) is 2.45. The van der Waals surface area contributed by atoms with Gasteiger partial charge in [0.25, 0.3) is 0 Å². The first-order valence-electron chi connectivity index (χ1n) is 8.06. The normalized spacial score (nSPS) is 18.8. The molecule has 4 heteroatoms. The summed E-state index contributed by atoms with van der Waals surface area (Å²) < 4.78 is 5.81. The van der Waals surface area contributed by atoms with Crippen LogP contribution in [0.25, 0.3) is 0 Å². The Bertz CT molecular complexity index is 412. The Morgan fingerprint density at radius 3 is 2.81 bits per heavy atom. The van der Waals surface area contributed by atoms with E-state index in [0.29, 0.717) is 6.04 Å². The molecule has 0 amide bonds. The molecule has 120 valence electrons. The monoisotopic (exact) mass is 312 g/mol. The van der Waals surface area contributed by atoms with Crippen molar-refractivity contribution in [3.8, 4) is 5.75 Å². The van der Waals surface area contributed by atoms with Gasteiger partial charge in [-0.05, 0) is 31.5 Å². The van der Waals surface area contributed by atoms with E-state index >= 15 is 0 Å². The van der Waals surface area contributed by atoms with Gasteiger partial charge >= 0.3 is 0 Å². The molecule has 1 aliphatic rings. The average Bonchev–Trinajstić information content (AvgIpc) is 2.49. The molecule has 0 aliphatic carbocycles. The third-order valence-corrected chi connectivity index (χ3v) is 3.57. The summed E-state index contributed by atoms with van der Waals surface area (Å²) in [7, 11) is 0. The van der Waals surface area contributed by atoms with Crippen molar-refractivity contribution < 1.29 is 4.74 Å². The number of hydrogen-bond donors (Lipinski definition) is 1. The molecule has 1 aliphatic heterocycles. The second-order valence-corrected chi connectivity index (χ2v) is 5.63. The van der Waals surface area contributed by atoms with Gasteiger partial charge in [-0.3, -0.25) is 4.90 Å². The van der Waals surface area contributed by atoms with Gasteiger partial charge in [0.15, 0.2) is 0 Å². The van der Waals surface area contributed by atoms with E-state index in [4.69, 9.17) is 16.3 Å². The van der Waals surface area contributed by atoms with Gasteiger partial charge in [-0.15, -0.1) is 0 Å². The van der Waals surface area contributed by atoms with Crippen LogP contribution in [-0.4, -0.2) is 37.2 Å². The number of halogens is 1. The lowest BCUT2D eigenvalue weighted by atomic mass is 10.1. The van der Waals surface area contributed by atoms with Gasteiger partial charge in [0.05, 0.1) is 6.61 Å². The Morgan fingerprint density at radius 2 is 2.14 bits per heavy atom. The zero-order valence-corrected chi connectivity index (χ0v) is 14.5. The summed E-state index contributed by atoms with van der Waals surface area (Å²) in [5, 5.41) is 4.24. The lowest BCUT2D eigenvalue weighted by Crippen LogP contribution is -2.48. The molecule has 0 radical (unpaired) electrons. The summed E-state index contributed by atoms with van der Waals surface area (Å²) in [6.07, 6.45) is 1.02. The number of hydrogen-bond acceptors (Lipinski definition) is 3. The van der Waals surface area contributed by atoms with Gasteiger partial charge in [-0.25, -0.2) is 0 Å². The van der Waals surface area contributed by atoms with E-state index in [1.165, 1.54) is 5.56 Å². The van der Waals surface area contributed by atoms with E-state index in [1.54, 1.807) is 0 Å². The lowest BCUT2D eigenvalue weighted by Gasteiger charge is -2.32. The van der Waals surface area contributed by atoms with Crippen molar-refractivity contribution >= 4 is 11.6 Å². The molecule has 1 atom stereocenters. The minimum Gasteiger partial charge on any atom is -0.493 e. The fourth-order valence-electron chi connectivity index (χ4n) is 2.42. The van der Waals surface area contributed by atoms with Crippen LogP contribution in [0.15, 0.2) is 18.2 Å². The Kier molecular flexibility index (Phi) is 8.74. The van der Waals surface area contributed by atoms with Gasteiger partial charge in [0.1, 0.15) is 5.75 Å². The Balaban J connectivity index is 0.00000106. The highest BCUT2D eigenvalue weighted by molar-refractivity contribution is 6.30. The minimum absolute atomic E-state index is 0.549. The van der Waals surface area contributed by atoms with Crippen molar-refractivity contribution in [3.05, 3.63) is 28.8 Å².